The van der Waals surface area contributed by atoms with Crippen LogP contribution in [0.25, 0.3) is 0 Å². The van der Waals surface area contributed by atoms with Gasteiger partial charge in [-0.2, -0.15) is 13.2 Å². The number of piperidine rings is 2. The molecule has 4 rings (SSSR count). The molecule has 2 aliphatic heterocycles. The highest BCUT2D eigenvalue weighted by Crippen LogP contribution is 2.31. The van der Waals surface area contributed by atoms with Crippen molar-refractivity contribution in [1.82, 2.24) is 15.6 Å². The van der Waals surface area contributed by atoms with Crippen LogP contribution in [0.15, 0.2) is 42.7 Å². The number of anilines is 1. The zero-order valence-electron chi connectivity index (χ0n) is 17.7. The topological polar surface area (TPSA) is 66.5 Å². The molecule has 0 unspecified atom stereocenters. The van der Waals surface area contributed by atoms with Gasteiger partial charge >= 0.3 is 6.18 Å². The number of hydrogen-bond acceptors (Lipinski definition) is 5. The Kier molecular flexibility index (Phi) is 6.83. The maximum Gasteiger partial charge on any atom is 0.416 e. The lowest BCUT2D eigenvalue weighted by atomic mass is 10.1. The smallest absolute Gasteiger partial charge is 0.416 e. The number of ether oxygens (including phenoxy) is 1. The SMILES string of the molecule is O=C(NC1CCNCC1)c1cncc(OC2CCN(c3ccc(C(F)(F)F)cc3)CC2)c1. The zero-order valence-corrected chi connectivity index (χ0v) is 17.7. The molecule has 0 radical (unpaired) electrons. The molecule has 0 saturated carbocycles. The molecular weight excluding hydrogens is 421 g/mol. The molecule has 3 heterocycles. The minimum absolute atomic E-state index is 0.0368. The largest absolute Gasteiger partial charge is 0.489 e. The first-order valence-corrected chi connectivity index (χ1v) is 10.9. The van der Waals surface area contributed by atoms with E-state index in [1.54, 1.807) is 12.3 Å². The minimum atomic E-state index is -4.33. The molecule has 1 aromatic carbocycles. The van der Waals surface area contributed by atoms with Crippen LogP contribution in [0.3, 0.4) is 0 Å². The number of benzene rings is 1. The second kappa shape index (κ2) is 9.77. The van der Waals surface area contributed by atoms with E-state index in [4.69, 9.17) is 4.74 Å². The number of alkyl halides is 3. The normalized spacial score (nSPS) is 18.4. The fourth-order valence-electron chi connectivity index (χ4n) is 4.13. The summed E-state index contributed by atoms with van der Waals surface area (Å²) in [5.41, 5.74) is 0.606. The molecule has 0 aliphatic carbocycles. The van der Waals surface area contributed by atoms with Gasteiger partial charge in [0.1, 0.15) is 11.9 Å². The number of carbonyl (C=O) groups is 1. The Balaban J connectivity index is 1.29. The Morgan fingerprint density at radius 2 is 1.75 bits per heavy atom. The molecule has 0 spiro atoms. The summed E-state index contributed by atoms with van der Waals surface area (Å²) in [4.78, 5) is 18.8. The summed E-state index contributed by atoms with van der Waals surface area (Å²) in [6.07, 6.45) is 2.05. The third-order valence-electron chi connectivity index (χ3n) is 5.95. The van der Waals surface area contributed by atoms with Gasteiger partial charge in [-0.25, -0.2) is 0 Å². The lowest BCUT2D eigenvalue weighted by molar-refractivity contribution is -0.137. The van der Waals surface area contributed by atoms with Crippen molar-refractivity contribution in [2.24, 2.45) is 0 Å². The van der Waals surface area contributed by atoms with Gasteiger partial charge in [0.2, 0.25) is 0 Å². The molecule has 172 valence electrons. The lowest BCUT2D eigenvalue weighted by Gasteiger charge is -2.33. The number of nitrogens with one attached hydrogen (secondary N) is 2. The van der Waals surface area contributed by atoms with E-state index in [9.17, 15) is 18.0 Å². The van der Waals surface area contributed by atoms with Gasteiger partial charge in [0.15, 0.2) is 0 Å². The fraction of sp³-hybridized carbons (Fsp3) is 0.478. The predicted octanol–water partition coefficient (Wildman–Crippen LogP) is 3.63. The van der Waals surface area contributed by atoms with Crippen LogP contribution in [0.4, 0.5) is 18.9 Å². The van der Waals surface area contributed by atoms with E-state index >= 15 is 0 Å². The monoisotopic (exact) mass is 448 g/mol. The van der Waals surface area contributed by atoms with Crippen LogP contribution in [-0.4, -0.2) is 49.2 Å². The van der Waals surface area contributed by atoms with E-state index in [1.807, 2.05) is 0 Å². The second-order valence-electron chi connectivity index (χ2n) is 8.26. The quantitative estimate of drug-likeness (QED) is 0.731. The predicted molar refractivity (Wildman–Crippen MR) is 115 cm³/mol. The summed E-state index contributed by atoms with van der Waals surface area (Å²) >= 11 is 0. The highest BCUT2D eigenvalue weighted by molar-refractivity contribution is 5.94. The van der Waals surface area contributed by atoms with Crippen molar-refractivity contribution in [2.75, 3.05) is 31.1 Å². The number of aromatic nitrogens is 1. The molecule has 6 nitrogen and oxygen atoms in total. The second-order valence-corrected chi connectivity index (χ2v) is 8.26. The molecule has 0 atom stereocenters. The van der Waals surface area contributed by atoms with Gasteiger partial charge in [0.05, 0.1) is 17.3 Å². The molecule has 32 heavy (non-hydrogen) atoms. The Bertz CT molecular complexity index is 906. The Morgan fingerprint density at radius 1 is 1.06 bits per heavy atom. The van der Waals surface area contributed by atoms with Gasteiger partial charge < -0.3 is 20.3 Å². The summed E-state index contributed by atoms with van der Waals surface area (Å²) in [6, 6.07) is 7.14. The van der Waals surface area contributed by atoms with Gasteiger partial charge in [0, 0.05) is 43.9 Å². The maximum atomic E-state index is 12.8. The fourth-order valence-corrected chi connectivity index (χ4v) is 4.13. The summed E-state index contributed by atoms with van der Waals surface area (Å²) in [5, 5.41) is 6.32. The van der Waals surface area contributed by atoms with Crippen molar-refractivity contribution in [2.45, 2.75) is 44.0 Å². The lowest BCUT2D eigenvalue weighted by Crippen LogP contribution is -2.42. The van der Waals surface area contributed by atoms with Gasteiger partial charge in [-0.15, -0.1) is 0 Å². The molecule has 2 saturated heterocycles. The van der Waals surface area contributed by atoms with Gasteiger partial charge in [-0.05, 0) is 56.3 Å². The van der Waals surface area contributed by atoms with E-state index in [0.717, 1.165) is 56.6 Å². The zero-order chi connectivity index (χ0) is 22.6. The first kappa shape index (κ1) is 22.4. The van der Waals surface area contributed by atoms with E-state index in [1.165, 1.54) is 18.3 Å². The minimum Gasteiger partial charge on any atom is -0.489 e. The Labute approximate surface area is 185 Å². The maximum absolute atomic E-state index is 12.8. The van der Waals surface area contributed by atoms with Crippen molar-refractivity contribution in [3.05, 3.63) is 53.9 Å². The molecule has 0 bridgehead atoms. The summed E-state index contributed by atoms with van der Waals surface area (Å²) in [6.45, 7) is 3.16. The van der Waals surface area contributed by atoms with Crippen molar-refractivity contribution >= 4 is 11.6 Å². The summed E-state index contributed by atoms with van der Waals surface area (Å²) in [7, 11) is 0. The molecule has 9 heteroatoms. The van der Waals surface area contributed by atoms with Gasteiger partial charge in [0.25, 0.3) is 5.91 Å². The molecule has 2 aliphatic rings. The molecule has 2 fully saturated rings. The number of rotatable bonds is 5. The third-order valence-corrected chi connectivity index (χ3v) is 5.95. The Morgan fingerprint density at radius 3 is 2.41 bits per heavy atom. The standard InChI is InChI=1S/C23H27F3N4O2/c24-23(25,26)17-1-3-19(4-2-17)30-11-7-20(8-12-30)32-21-13-16(14-28-15-21)22(31)29-18-5-9-27-10-6-18/h1-4,13-15,18,20,27H,5-12H2,(H,29,31). The van der Waals surface area contributed by atoms with Crippen LogP contribution in [0.2, 0.25) is 0 Å². The van der Waals surface area contributed by atoms with E-state index in [-0.39, 0.29) is 18.1 Å². The molecule has 1 amide bonds. The van der Waals surface area contributed by atoms with Crippen LogP contribution in [0, 0.1) is 0 Å². The van der Waals surface area contributed by atoms with E-state index in [2.05, 4.69) is 20.5 Å². The number of nitrogens with zero attached hydrogens (tertiary/aromatic N) is 2. The number of hydrogen-bond donors (Lipinski definition) is 2. The molecule has 2 aromatic rings. The van der Waals surface area contributed by atoms with Crippen LogP contribution in [-0.2, 0) is 6.18 Å². The van der Waals surface area contributed by atoms with Crippen LogP contribution in [0.5, 0.6) is 5.75 Å². The van der Waals surface area contributed by atoms with Crippen molar-refractivity contribution in [3.63, 3.8) is 0 Å². The average molecular weight is 448 g/mol. The highest BCUT2D eigenvalue weighted by atomic mass is 19.4. The third kappa shape index (κ3) is 5.70. The van der Waals surface area contributed by atoms with Crippen LogP contribution >= 0.6 is 0 Å². The first-order valence-electron chi connectivity index (χ1n) is 10.9. The van der Waals surface area contributed by atoms with Crippen molar-refractivity contribution in [1.29, 1.82) is 0 Å². The molecular formula is C23H27F3N4O2. The van der Waals surface area contributed by atoms with Crippen LogP contribution < -0.4 is 20.3 Å². The average Bonchev–Trinajstić information content (AvgIpc) is 2.80. The molecule has 1 aromatic heterocycles. The van der Waals surface area contributed by atoms with Gasteiger partial charge in [-0.1, -0.05) is 0 Å². The van der Waals surface area contributed by atoms with E-state index < -0.39 is 11.7 Å². The number of halogens is 3. The van der Waals surface area contributed by atoms with Crippen molar-refractivity contribution < 1.29 is 22.7 Å². The highest BCUT2D eigenvalue weighted by Gasteiger charge is 2.30. The number of carbonyl (C=O) groups excluding carboxylic acids is 1. The van der Waals surface area contributed by atoms with Gasteiger partial charge in [-0.3, -0.25) is 9.78 Å². The Hall–Kier alpha value is -2.81. The number of pyridine rings is 1. The summed E-state index contributed by atoms with van der Waals surface area (Å²) in [5.74, 6) is 0.405. The van der Waals surface area contributed by atoms with E-state index in [0.29, 0.717) is 24.4 Å². The number of amides is 1. The van der Waals surface area contributed by atoms with Crippen molar-refractivity contribution in [3.8, 4) is 5.75 Å². The summed E-state index contributed by atoms with van der Waals surface area (Å²) < 4.78 is 44.3. The molecule has 2 N–H and O–H groups in total. The van der Waals surface area contributed by atoms with Crippen LogP contribution in [0.1, 0.15) is 41.6 Å². The first-order chi connectivity index (χ1) is 15.4.